The van der Waals surface area contributed by atoms with E-state index < -0.39 is 11.9 Å². The Morgan fingerprint density at radius 1 is 1.13 bits per heavy atom. The number of benzene rings is 3. The molecule has 0 spiro atoms. The molecule has 0 amide bonds. The van der Waals surface area contributed by atoms with Crippen molar-refractivity contribution in [2.24, 2.45) is 0 Å². The minimum atomic E-state index is -0.743. The van der Waals surface area contributed by atoms with Crippen LogP contribution in [0.3, 0.4) is 0 Å². The van der Waals surface area contributed by atoms with Crippen LogP contribution in [-0.2, 0) is 6.54 Å². The van der Waals surface area contributed by atoms with Crippen molar-refractivity contribution in [3.05, 3.63) is 76.8 Å². The van der Waals surface area contributed by atoms with Crippen LogP contribution >= 0.6 is 11.8 Å². The van der Waals surface area contributed by atoms with Crippen LogP contribution in [0, 0.1) is 5.82 Å². The highest BCUT2D eigenvalue weighted by molar-refractivity contribution is 7.99. The van der Waals surface area contributed by atoms with Crippen molar-refractivity contribution in [2.45, 2.75) is 24.7 Å². The molecule has 7 heteroatoms. The van der Waals surface area contributed by atoms with E-state index >= 15 is 0 Å². The Morgan fingerprint density at radius 3 is 2.73 bits per heavy atom. The number of fused-ring (bicyclic) bond motifs is 2. The number of halogens is 1. The minimum absolute atomic E-state index is 0.125. The molecule has 0 saturated heterocycles. The number of hydrogen-bond donors (Lipinski definition) is 1. The van der Waals surface area contributed by atoms with Crippen molar-refractivity contribution in [2.75, 3.05) is 12.4 Å². The summed E-state index contributed by atoms with van der Waals surface area (Å²) < 4.78 is 20.7. The summed E-state index contributed by atoms with van der Waals surface area (Å²) in [7, 11) is 0. The molecule has 0 bridgehead atoms. The fraction of sp³-hybridized carbons (Fsp3) is 0.217. The summed E-state index contributed by atoms with van der Waals surface area (Å²) in [4.78, 5) is 17.1. The highest BCUT2D eigenvalue weighted by Crippen LogP contribution is 2.22. The smallest absolute Gasteiger partial charge is 0.262 e. The Morgan fingerprint density at radius 2 is 1.93 bits per heavy atom. The summed E-state index contributed by atoms with van der Waals surface area (Å²) >= 11 is 1.28. The van der Waals surface area contributed by atoms with Gasteiger partial charge in [-0.15, -0.1) is 0 Å². The van der Waals surface area contributed by atoms with Gasteiger partial charge in [-0.3, -0.25) is 9.36 Å². The van der Waals surface area contributed by atoms with Gasteiger partial charge in [-0.25, -0.2) is 9.37 Å². The van der Waals surface area contributed by atoms with Crippen molar-refractivity contribution >= 4 is 33.4 Å². The summed E-state index contributed by atoms with van der Waals surface area (Å²) in [5, 5.41) is 13.3. The molecule has 0 fully saturated rings. The lowest BCUT2D eigenvalue weighted by Gasteiger charge is -2.15. The molecule has 1 N–H and O–H groups in total. The number of ether oxygens (including phenoxy) is 1. The van der Waals surface area contributed by atoms with Crippen molar-refractivity contribution < 1.29 is 14.2 Å². The lowest BCUT2D eigenvalue weighted by molar-refractivity contribution is 0.126. The molecule has 0 radical (unpaired) electrons. The summed E-state index contributed by atoms with van der Waals surface area (Å²) in [5.74, 6) is 0.534. The molecule has 30 heavy (non-hydrogen) atoms. The second-order valence-electron chi connectivity index (χ2n) is 6.89. The lowest BCUT2D eigenvalue weighted by atomic mass is 10.1. The van der Waals surface area contributed by atoms with Gasteiger partial charge < -0.3 is 9.84 Å². The Labute approximate surface area is 177 Å². The molecule has 1 heterocycles. The van der Waals surface area contributed by atoms with E-state index in [1.807, 2.05) is 49.4 Å². The lowest BCUT2D eigenvalue weighted by Crippen LogP contribution is -2.24. The SMILES string of the molecule is CCn1c(SCC(O)COc2ccc3ccccc3c2)nc2ccc(F)cc2c1=O. The molecule has 5 nitrogen and oxygen atoms in total. The number of aromatic nitrogens is 2. The van der Waals surface area contributed by atoms with Gasteiger partial charge in [-0.05, 0) is 48.0 Å². The highest BCUT2D eigenvalue weighted by atomic mass is 32.2. The molecule has 1 unspecified atom stereocenters. The standard InChI is InChI=1S/C23H21FN2O3S/c1-2-26-22(28)20-12-17(24)8-10-21(20)25-23(26)30-14-18(27)13-29-19-9-7-15-5-3-4-6-16(15)11-19/h3-12,18,27H,2,13-14H2,1H3. The van der Waals surface area contributed by atoms with Gasteiger partial charge in [0.05, 0.1) is 17.0 Å². The molecular weight excluding hydrogens is 403 g/mol. The number of hydrogen-bond acceptors (Lipinski definition) is 5. The van der Waals surface area contributed by atoms with E-state index in [0.29, 0.717) is 28.7 Å². The number of rotatable bonds is 7. The molecule has 3 aromatic carbocycles. The van der Waals surface area contributed by atoms with Crippen LogP contribution in [0.4, 0.5) is 4.39 Å². The fourth-order valence-corrected chi connectivity index (χ4v) is 4.20. The van der Waals surface area contributed by atoms with Crippen LogP contribution in [0.2, 0.25) is 0 Å². The number of thioether (sulfide) groups is 1. The van der Waals surface area contributed by atoms with E-state index in [4.69, 9.17) is 4.74 Å². The maximum Gasteiger partial charge on any atom is 0.262 e. The molecule has 0 aliphatic heterocycles. The van der Waals surface area contributed by atoms with E-state index in [1.54, 1.807) is 0 Å². The first-order valence-corrected chi connectivity index (χ1v) is 10.7. The first-order chi connectivity index (χ1) is 14.5. The van der Waals surface area contributed by atoms with Gasteiger partial charge in [0.2, 0.25) is 0 Å². The third-order valence-electron chi connectivity index (χ3n) is 4.77. The van der Waals surface area contributed by atoms with Gasteiger partial charge in [-0.1, -0.05) is 42.1 Å². The predicted octanol–water partition coefficient (Wildman–Crippen LogP) is 4.24. The van der Waals surface area contributed by atoms with Gasteiger partial charge in [0.25, 0.3) is 5.56 Å². The average Bonchev–Trinajstić information content (AvgIpc) is 2.76. The first-order valence-electron chi connectivity index (χ1n) is 9.67. The average molecular weight is 424 g/mol. The number of nitrogens with zero attached hydrogens (tertiary/aromatic N) is 2. The summed E-state index contributed by atoms with van der Waals surface area (Å²) in [6, 6.07) is 17.8. The van der Waals surface area contributed by atoms with Gasteiger partial charge in [0, 0.05) is 12.3 Å². The Hall–Kier alpha value is -2.90. The Kier molecular flexibility index (Phi) is 6.01. The normalized spacial score (nSPS) is 12.4. The fourth-order valence-electron chi connectivity index (χ4n) is 3.23. The quantitative estimate of drug-likeness (QED) is 0.355. The Balaban J connectivity index is 1.44. The second kappa shape index (κ2) is 8.85. The largest absolute Gasteiger partial charge is 0.491 e. The maximum absolute atomic E-state index is 13.5. The van der Waals surface area contributed by atoms with Crippen LogP contribution in [0.5, 0.6) is 5.75 Å². The molecule has 154 valence electrons. The van der Waals surface area contributed by atoms with E-state index in [2.05, 4.69) is 4.98 Å². The van der Waals surface area contributed by atoms with Crippen LogP contribution in [0.1, 0.15) is 6.92 Å². The molecule has 1 aromatic heterocycles. The summed E-state index contributed by atoms with van der Waals surface area (Å²) in [5.41, 5.74) is 0.155. The molecule has 4 aromatic rings. The third-order valence-corrected chi connectivity index (χ3v) is 5.89. The zero-order chi connectivity index (χ0) is 21.1. The highest BCUT2D eigenvalue weighted by Gasteiger charge is 2.14. The molecule has 0 aliphatic carbocycles. The van der Waals surface area contributed by atoms with Gasteiger partial charge >= 0.3 is 0 Å². The van der Waals surface area contributed by atoms with Crippen molar-refractivity contribution in [1.82, 2.24) is 9.55 Å². The maximum atomic E-state index is 13.5. The first kappa shape index (κ1) is 20.4. The number of aliphatic hydroxyl groups excluding tert-OH is 1. The van der Waals surface area contributed by atoms with Crippen LogP contribution < -0.4 is 10.3 Å². The summed E-state index contributed by atoms with van der Waals surface area (Å²) in [6.07, 6.45) is -0.743. The predicted molar refractivity (Wildman–Crippen MR) is 118 cm³/mol. The van der Waals surface area contributed by atoms with Gasteiger partial charge in [-0.2, -0.15) is 0 Å². The van der Waals surface area contributed by atoms with Gasteiger partial charge in [0.15, 0.2) is 5.16 Å². The monoisotopic (exact) mass is 424 g/mol. The molecular formula is C23H21FN2O3S. The second-order valence-corrected chi connectivity index (χ2v) is 7.88. The van der Waals surface area contributed by atoms with E-state index in [1.165, 1.54) is 34.5 Å². The topological polar surface area (TPSA) is 64.3 Å². The molecule has 4 rings (SSSR count). The summed E-state index contributed by atoms with van der Waals surface area (Å²) in [6.45, 7) is 2.36. The third kappa shape index (κ3) is 4.32. The van der Waals surface area contributed by atoms with E-state index in [9.17, 15) is 14.3 Å². The molecule has 0 aliphatic rings. The Bertz CT molecular complexity index is 1260. The van der Waals surface area contributed by atoms with Crippen molar-refractivity contribution in [3.8, 4) is 5.75 Å². The minimum Gasteiger partial charge on any atom is -0.491 e. The van der Waals surface area contributed by atoms with Crippen molar-refractivity contribution in [1.29, 1.82) is 0 Å². The van der Waals surface area contributed by atoms with E-state index in [-0.39, 0.29) is 17.6 Å². The number of aliphatic hydroxyl groups is 1. The molecule has 0 saturated carbocycles. The van der Waals surface area contributed by atoms with Crippen LogP contribution in [0.25, 0.3) is 21.7 Å². The molecule has 1 atom stereocenters. The van der Waals surface area contributed by atoms with Crippen molar-refractivity contribution in [3.63, 3.8) is 0 Å². The van der Waals surface area contributed by atoms with E-state index in [0.717, 1.165) is 10.8 Å². The zero-order valence-electron chi connectivity index (χ0n) is 16.4. The van der Waals surface area contributed by atoms with Crippen LogP contribution in [0.15, 0.2) is 70.6 Å². The van der Waals surface area contributed by atoms with Crippen LogP contribution in [-0.4, -0.2) is 33.1 Å². The zero-order valence-corrected chi connectivity index (χ0v) is 17.2. The van der Waals surface area contributed by atoms with Gasteiger partial charge in [0.1, 0.15) is 18.2 Å².